The Morgan fingerprint density at radius 1 is 1.54 bits per heavy atom. The summed E-state index contributed by atoms with van der Waals surface area (Å²) in [6.45, 7) is 6.01. The molecule has 2 aromatic rings. The Kier molecular flexibility index (Phi) is 5.81. The Morgan fingerprint density at radius 3 is 3.17 bits per heavy atom. The standard InChI is InChI=1S/C16H24N6OS/c1-3-17-16(19-5-4-15-18-6-9-24-15)22-7-8-23-14(12-22)13-10-20-21(2)11-13/h6,9-11,14H,3-5,7-8,12H2,1-2H3,(H,17,19). The van der Waals surface area contributed by atoms with Gasteiger partial charge in [-0.15, -0.1) is 11.3 Å². The Morgan fingerprint density at radius 2 is 2.46 bits per heavy atom. The molecule has 8 heteroatoms. The summed E-state index contributed by atoms with van der Waals surface area (Å²) in [6.07, 6.45) is 6.65. The van der Waals surface area contributed by atoms with Gasteiger partial charge < -0.3 is 15.0 Å². The summed E-state index contributed by atoms with van der Waals surface area (Å²) in [7, 11) is 1.92. The van der Waals surface area contributed by atoms with E-state index in [1.54, 1.807) is 11.3 Å². The summed E-state index contributed by atoms with van der Waals surface area (Å²) in [5.41, 5.74) is 1.11. The molecule has 1 saturated heterocycles. The van der Waals surface area contributed by atoms with E-state index >= 15 is 0 Å². The van der Waals surface area contributed by atoms with Crippen LogP contribution in [0.4, 0.5) is 0 Å². The Hall–Kier alpha value is -1.93. The van der Waals surface area contributed by atoms with Gasteiger partial charge in [-0.25, -0.2) is 4.98 Å². The maximum atomic E-state index is 5.91. The zero-order valence-electron chi connectivity index (χ0n) is 14.2. The molecule has 1 fully saturated rings. The molecule has 7 nitrogen and oxygen atoms in total. The number of rotatable bonds is 5. The van der Waals surface area contributed by atoms with Crippen molar-refractivity contribution in [2.45, 2.75) is 19.4 Å². The van der Waals surface area contributed by atoms with E-state index in [4.69, 9.17) is 9.73 Å². The molecule has 0 bridgehead atoms. The van der Waals surface area contributed by atoms with Crippen LogP contribution in [0.5, 0.6) is 0 Å². The molecule has 1 aliphatic rings. The van der Waals surface area contributed by atoms with E-state index in [0.29, 0.717) is 6.61 Å². The Labute approximate surface area is 146 Å². The normalized spacial score (nSPS) is 18.8. The smallest absolute Gasteiger partial charge is 0.194 e. The van der Waals surface area contributed by atoms with Crippen molar-refractivity contribution in [1.29, 1.82) is 0 Å². The first-order valence-electron chi connectivity index (χ1n) is 8.28. The third kappa shape index (κ3) is 4.33. The van der Waals surface area contributed by atoms with Crippen molar-refractivity contribution >= 4 is 17.3 Å². The van der Waals surface area contributed by atoms with Crippen LogP contribution >= 0.6 is 11.3 Å². The van der Waals surface area contributed by atoms with Gasteiger partial charge in [0.15, 0.2) is 5.96 Å². The monoisotopic (exact) mass is 348 g/mol. The van der Waals surface area contributed by atoms with E-state index in [0.717, 1.165) is 49.1 Å². The second-order valence-electron chi connectivity index (χ2n) is 5.66. The van der Waals surface area contributed by atoms with Gasteiger partial charge in [0, 0.05) is 56.4 Å². The summed E-state index contributed by atoms with van der Waals surface area (Å²) in [5.74, 6) is 0.950. The number of morpholine rings is 1. The van der Waals surface area contributed by atoms with Gasteiger partial charge in [-0.05, 0) is 6.92 Å². The van der Waals surface area contributed by atoms with Crippen LogP contribution in [0.15, 0.2) is 29.0 Å². The second-order valence-corrected chi connectivity index (χ2v) is 6.64. The highest BCUT2D eigenvalue weighted by molar-refractivity contribution is 7.09. The molecule has 0 saturated carbocycles. The molecular formula is C16H24N6OS. The van der Waals surface area contributed by atoms with Crippen LogP contribution in [0.25, 0.3) is 0 Å². The molecule has 3 heterocycles. The molecule has 3 rings (SSSR count). The summed E-state index contributed by atoms with van der Waals surface area (Å²) in [5, 5.41) is 10.8. The number of aliphatic imine (C=N–C) groups is 1. The number of nitrogens with zero attached hydrogens (tertiary/aromatic N) is 5. The van der Waals surface area contributed by atoms with Gasteiger partial charge in [0.1, 0.15) is 6.10 Å². The SMILES string of the molecule is CCNC(=NCCc1nccs1)N1CCOC(c2cnn(C)c2)C1. The molecule has 24 heavy (non-hydrogen) atoms. The minimum absolute atomic E-state index is 0.0373. The number of guanidine groups is 1. The van der Waals surface area contributed by atoms with E-state index in [2.05, 4.69) is 27.2 Å². The minimum Gasteiger partial charge on any atom is -0.370 e. The Bertz CT molecular complexity index is 653. The van der Waals surface area contributed by atoms with Gasteiger partial charge >= 0.3 is 0 Å². The van der Waals surface area contributed by atoms with Crippen molar-refractivity contribution in [3.63, 3.8) is 0 Å². The average Bonchev–Trinajstić information content (AvgIpc) is 3.26. The first-order chi connectivity index (χ1) is 11.8. The van der Waals surface area contributed by atoms with Gasteiger partial charge in [0.2, 0.25) is 0 Å². The summed E-state index contributed by atoms with van der Waals surface area (Å²) < 4.78 is 7.72. The number of nitrogens with one attached hydrogen (secondary N) is 1. The molecule has 0 aromatic carbocycles. The predicted molar refractivity (Wildman–Crippen MR) is 95.3 cm³/mol. The van der Waals surface area contributed by atoms with Crippen molar-refractivity contribution in [2.75, 3.05) is 32.8 Å². The zero-order valence-corrected chi connectivity index (χ0v) is 15.0. The lowest BCUT2D eigenvalue weighted by molar-refractivity contribution is -0.00803. The fourth-order valence-electron chi connectivity index (χ4n) is 2.71. The molecule has 0 amide bonds. The lowest BCUT2D eigenvalue weighted by Gasteiger charge is -2.34. The van der Waals surface area contributed by atoms with Crippen LogP contribution in [-0.2, 0) is 18.2 Å². The lowest BCUT2D eigenvalue weighted by Crippen LogP contribution is -2.48. The van der Waals surface area contributed by atoms with Gasteiger partial charge in [-0.1, -0.05) is 0 Å². The van der Waals surface area contributed by atoms with E-state index in [1.165, 1.54) is 0 Å². The summed E-state index contributed by atoms with van der Waals surface area (Å²) in [4.78, 5) is 11.3. The van der Waals surface area contributed by atoms with Gasteiger partial charge in [0.25, 0.3) is 0 Å². The highest BCUT2D eigenvalue weighted by atomic mass is 32.1. The highest BCUT2D eigenvalue weighted by Crippen LogP contribution is 2.21. The van der Waals surface area contributed by atoms with Gasteiger partial charge in [0.05, 0.1) is 24.4 Å². The van der Waals surface area contributed by atoms with Crippen molar-refractivity contribution in [3.8, 4) is 0 Å². The molecule has 130 valence electrons. The molecule has 1 aliphatic heterocycles. The number of hydrogen-bond donors (Lipinski definition) is 1. The van der Waals surface area contributed by atoms with Crippen LogP contribution in [-0.4, -0.2) is 58.4 Å². The zero-order chi connectivity index (χ0) is 16.8. The molecule has 0 radical (unpaired) electrons. The molecular weight excluding hydrogens is 324 g/mol. The maximum absolute atomic E-state index is 5.91. The number of ether oxygens (including phenoxy) is 1. The van der Waals surface area contributed by atoms with E-state index in [-0.39, 0.29) is 6.10 Å². The number of hydrogen-bond acceptors (Lipinski definition) is 5. The molecule has 1 N–H and O–H groups in total. The Balaban J connectivity index is 1.63. The van der Waals surface area contributed by atoms with Gasteiger partial charge in [-0.2, -0.15) is 5.10 Å². The molecule has 1 atom stereocenters. The van der Waals surface area contributed by atoms with Crippen molar-refractivity contribution in [2.24, 2.45) is 12.0 Å². The topological polar surface area (TPSA) is 67.6 Å². The van der Waals surface area contributed by atoms with Crippen LogP contribution in [0.1, 0.15) is 23.6 Å². The quantitative estimate of drug-likeness (QED) is 0.654. The van der Waals surface area contributed by atoms with Crippen molar-refractivity contribution in [3.05, 3.63) is 34.5 Å². The number of thiazole rings is 1. The third-order valence-electron chi connectivity index (χ3n) is 3.87. The average molecular weight is 348 g/mol. The fraction of sp³-hybridized carbons (Fsp3) is 0.562. The first kappa shape index (κ1) is 16.9. The third-order valence-corrected chi connectivity index (χ3v) is 4.71. The highest BCUT2D eigenvalue weighted by Gasteiger charge is 2.25. The van der Waals surface area contributed by atoms with Crippen LogP contribution in [0.2, 0.25) is 0 Å². The van der Waals surface area contributed by atoms with Crippen molar-refractivity contribution < 1.29 is 4.74 Å². The van der Waals surface area contributed by atoms with Crippen LogP contribution < -0.4 is 5.32 Å². The fourth-order valence-corrected chi connectivity index (χ4v) is 3.32. The van der Waals surface area contributed by atoms with E-state index in [1.807, 2.05) is 35.7 Å². The van der Waals surface area contributed by atoms with Crippen LogP contribution in [0, 0.1) is 0 Å². The minimum atomic E-state index is 0.0373. The molecule has 2 aromatic heterocycles. The second kappa shape index (κ2) is 8.25. The van der Waals surface area contributed by atoms with E-state index < -0.39 is 0 Å². The lowest BCUT2D eigenvalue weighted by atomic mass is 10.1. The first-order valence-corrected chi connectivity index (χ1v) is 9.16. The van der Waals surface area contributed by atoms with Crippen molar-refractivity contribution in [1.82, 2.24) is 25.0 Å². The maximum Gasteiger partial charge on any atom is 0.194 e. The van der Waals surface area contributed by atoms with Gasteiger partial charge in [-0.3, -0.25) is 9.67 Å². The van der Waals surface area contributed by atoms with E-state index in [9.17, 15) is 0 Å². The summed E-state index contributed by atoms with van der Waals surface area (Å²) >= 11 is 1.68. The number of aromatic nitrogens is 3. The molecule has 1 unspecified atom stereocenters. The summed E-state index contributed by atoms with van der Waals surface area (Å²) in [6, 6.07) is 0. The van der Waals surface area contributed by atoms with Crippen LogP contribution in [0.3, 0.4) is 0 Å². The molecule has 0 spiro atoms. The number of aryl methyl sites for hydroxylation is 1. The predicted octanol–water partition coefficient (Wildman–Crippen LogP) is 1.46. The molecule has 0 aliphatic carbocycles. The largest absolute Gasteiger partial charge is 0.370 e.